The monoisotopic (exact) mass is 264 g/mol. The quantitative estimate of drug-likeness (QED) is 0.824. The first kappa shape index (κ1) is 11.4. The third kappa shape index (κ3) is 2.65. The number of halogens is 3. The summed E-state index contributed by atoms with van der Waals surface area (Å²) in [4.78, 5) is 0. The fourth-order valence-corrected chi connectivity index (χ4v) is 1.27. The highest BCUT2D eigenvalue weighted by Gasteiger charge is 2.09. The molecule has 0 heterocycles. The van der Waals surface area contributed by atoms with Crippen LogP contribution in [0.5, 0.6) is 0 Å². The summed E-state index contributed by atoms with van der Waals surface area (Å²) in [6.45, 7) is 2.15. The van der Waals surface area contributed by atoms with Gasteiger partial charge in [-0.25, -0.2) is 8.78 Å². The standard InChI is InChI=1S/C9H11BrF2N2/c1-5(4-13)14-9-3-7(11)6(10)2-8(9)12/h2-3,5,14H,4,13H2,1H3. The summed E-state index contributed by atoms with van der Waals surface area (Å²) >= 11 is 2.90. The molecule has 0 spiro atoms. The van der Waals surface area contributed by atoms with E-state index in [-0.39, 0.29) is 16.2 Å². The SMILES string of the molecule is CC(CN)Nc1cc(F)c(Br)cc1F. The topological polar surface area (TPSA) is 38.0 Å². The number of rotatable bonds is 3. The highest BCUT2D eigenvalue weighted by molar-refractivity contribution is 9.10. The van der Waals surface area contributed by atoms with E-state index in [1.54, 1.807) is 6.92 Å². The molecule has 1 rings (SSSR count). The number of hydrogen-bond acceptors (Lipinski definition) is 2. The van der Waals surface area contributed by atoms with Gasteiger partial charge in [0.05, 0.1) is 10.2 Å². The fraction of sp³-hybridized carbons (Fsp3) is 0.333. The molecule has 0 bridgehead atoms. The average Bonchev–Trinajstić information content (AvgIpc) is 2.14. The molecule has 14 heavy (non-hydrogen) atoms. The molecule has 0 aliphatic heterocycles. The van der Waals surface area contributed by atoms with Gasteiger partial charge in [0.1, 0.15) is 11.6 Å². The van der Waals surface area contributed by atoms with Gasteiger partial charge in [0, 0.05) is 18.7 Å². The zero-order valence-corrected chi connectivity index (χ0v) is 9.24. The van der Waals surface area contributed by atoms with E-state index in [0.29, 0.717) is 6.54 Å². The minimum absolute atomic E-state index is 0.0925. The highest BCUT2D eigenvalue weighted by atomic mass is 79.9. The van der Waals surface area contributed by atoms with Gasteiger partial charge < -0.3 is 11.1 Å². The van der Waals surface area contributed by atoms with Crippen LogP contribution in [0.3, 0.4) is 0 Å². The molecule has 0 amide bonds. The Morgan fingerprint density at radius 3 is 2.64 bits per heavy atom. The highest BCUT2D eigenvalue weighted by Crippen LogP contribution is 2.23. The predicted octanol–water partition coefficient (Wildman–Crippen LogP) is 2.49. The number of nitrogens with two attached hydrogens (primary N) is 1. The number of anilines is 1. The molecule has 0 aliphatic rings. The predicted molar refractivity (Wildman–Crippen MR) is 56.2 cm³/mol. The summed E-state index contributed by atoms with van der Waals surface area (Å²) < 4.78 is 26.4. The van der Waals surface area contributed by atoms with Gasteiger partial charge in [0.15, 0.2) is 0 Å². The lowest BCUT2D eigenvalue weighted by atomic mass is 10.2. The van der Waals surface area contributed by atoms with Crippen LogP contribution in [-0.2, 0) is 0 Å². The van der Waals surface area contributed by atoms with Crippen molar-refractivity contribution in [2.75, 3.05) is 11.9 Å². The van der Waals surface area contributed by atoms with Crippen LogP contribution in [0.4, 0.5) is 14.5 Å². The number of benzene rings is 1. The van der Waals surface area contributed by atoms with Crippen molar-refractivity contribution in [3.63, 3.8) is 0 Å². The smallest absolute Gasteiger partial charge is 0.147 e. The van der Waals surface area contributed by atoms with Crippen LogP contribution in [0.25, 0.3) is 0 Å². The van der Waals surface area contributed by atoms with E-state index < -0.39 is 11.6 Å². The molecule has 1 aromatic rings. The number of hydrogen-bond donors (Lipinski definition) is 2. The Kier molecular flexibility index (Phi) is 3.83. The number of nitrogens with one attached hydrogen (secondary N) is 1. The zero-order chi connectivity index (χ0) is 10.7. The van der Waals surface area contributed by atoms with Gasteiger partial charge in [-0.05, 0) is 28.9 Å². The third-order valence-corrected chi connectivity index (χ3v) is 2.37. The molecule has 0 aromatic heterocycles. The minimum atomic E-state index is -0.502. The molecule has 78 valence electrons. The second-order valence-corrected chi connectivity index (χ2v) is 3.88. The molecule has 3 N–H and O–H groups in total. The molecule has 1 aromatic carbocycles. The van der Waals surface area contributed by atoms with Gasteiger partial charge in [-0.3, -0.25) is 0 Å². The Morgan fingerprint density at radius 2 is 2.07 bits per heavy atom. The van der Waals surface area contributed by atoms with Crippen LogP contribution in [0.2, 0.25) is 0 Å². The lowest BCUT2D eigenvalue weighted by Crippen LogP contribution is -2.25. The van der Waals surface area contributed by atoms with Gasteiger partial charge in [-0.15, -0.1) is 0 Å². The lowest BCUT2D eigenvalue weighted by molar-refractivity contribution is 0.594. The van der Waals surface area contributed by atoms with Crippen LogP contribution < -0.4 is 11.1 Å². The van der Waals surface area contributed by atoms with Crippen molar-refractivity contribution in [1.82, 2.24) is 0 Å². The van der Waals surface area contributed by atoms with Crippen LogP contribution in [0, 0.1) is 11.6 Å². The van der Waals surface area contributed by atoms with Gasteiger partial charge in [-0.2, -0.15) is 0 Å². The molecule has 0 aliphatic carbocycles. The average molecular weight is 265 g/mol. The Balaban J connectivity index is 2.92. The summed E-state index contributed by atoms with van der Waals surface area (Å²) in [5.41, 5.74) is 5.48. The molecule has 2 nitrogen and oxygen atoms in total. The van der Waals surface area contributed by atoms with Crippen molar-refractivity contribution in [2.24, 2.45) is 5.73 Å². The maximum Gasteiger partial charge on any atom is 0.147 e. The molecule has 0 fully saturated rings. The summed E-state index contributed by atoms with van der Waals surface area (Å²) in [6.07, 6.45) is 0. The van der Waals surface area contributed by atoms with Crippen molar-refractivity contribution in [1.29, 1.82) is 0 Å². The van der Waals surface area contributed by atoms with E-state index in [9.17, 15) is 8.78 Å². The van der Waals surface area contributed by atoms with E-state index >= 15 is 0 Å². The summed E-state index contributed by atoms with van der Waals surface area (Å²) in [5.74, 6) is -1.00. The molecule has 0 saturated carbocycles. The van der Waals surface area contributed by atoms with Gasteiger partial charge in [0.25, 0.3) is 0 Å². The zero-order valence-electron chi connectivity index (χ0n) is 7.65. The first-order valence-corrected chi connectivity index (χ1v) is 4.95. The Morgan fingerprint density at radius 1 is 1.43 bits per heavy atom. The fourth-order valence-electron chi connectivity index (χ4n) is 0.958. The maximum absolute atomic E-state index is 13.2. The lowest BCUT2D eigenvalue weighted by Gasteiger charge is -2.13. The van der Waals surface area contributed by atoms with Crippen molar-refractivity contribution in [3.8, 4) is 0 Å². The largest absolute Gasteiger partial charge is 0.379 e. The van der Waals surface area contributed by atoms with Crippen molar-refractivity contribution in [3.05, 3.63) is 28.2 Å². The molecular formula is C9H11BrF2N2. The molecular weight excluding hydrogens is 254 g/mol. The Labute approximate surface area is 89.6 Å². The molecule has 0 radical (unpaired) electrons. The summed E-state index contributed by atoms with van der Waals surface area (Å²) in [7, 11) is 0. The normalized spacial score (nSPS) is 12.6. The second kappa shape index (κ2) is 4.70. The first-order valence-electron chi connectivity index (χ1n) is 4.15. The molecule has 1 unspecified atom stereocenters. The second-order valence-electron chi connectivity index (χ2n) is 3.03. The van der Waals surface area contributed by atoms with Crippen LogP contribution in [0.15, 0.2) is 16.6 Å². The minimum Gasteiger partial charge on any atom is -0.379 e. The molecule has 0 saturated heterocycles. The Hall–Kier alpha value is -0.680. The van der Waals surface area contributed by atoms with Crippen molar-refractivity contribution >= 4 is 21.6 Å². The van der Waals surface area contributed by atoms with E-state index in [1.165, 1.54) is 0 Å². The molecule has 1 atom stereocenters. The van der Waals surface area contributed by atoms with Crippen LogP contribution in [-0.4, -0.2) is 12.6 Å². The maximum atomic E-state index is 13.2. The first-order chi connectivity index (χ1) is 6.54. The van der Waals surface area contributed by atoms with Gasteiger partial charge in [-0.1, -0.05) is 0 Å². The molecule has 5 heteroatoms. The van der Waals surface area contributed by atoms with Crippen molar-refractivity contribution < 1.29 is 8.78 Å². The van der Waals surface area contributed by atoms with E-state index in [4.69, 9.17) is 5.73 Å². The Bertz CT molecular complexity index is 331. The van der Waals surface area contributed by atoms with Crippen LogP contribution >= 0.6 is 15.9 Å². The van der Waals surface area contributed by atoms with Crippen LogP contribution in [0.1, 0.15) is 6.92 Å². The summed E-state index contributed by atoms with van der Waals surface area (Å²) in [5, 5.41) is 2.77. The van der Waals surface area contributed by atoms with E-state index in [2.05, 4.69) is 21.2 Å². The summed E-state index contributed by atoms with van der Waals surface area (Å²) in [6, 6.07) is 2.09. The third-order valence-electron chi connectivity index (χ3n) is 1.77. The van der Waals surface area contributed by atoms with Gasteiger partial charge >= 0.3 is 0 Å². The van der Waals surface area contributed by atoms with E-state index in [1.807, 2.05) is 0 Å². The van der Waals surface area contributed by atoms with Crippen molar-refractivity contribution in [2.45, 2.75) is 13.0 Å². The van der Waals surface area contributed by atoms with Gasteiger partial charge in [0.2, 0.25) is 0 Å². The van der Waals surface area contributed by atoms with E-state index in [0.717, 1.165) is 12.1 Å².